The monoisotopic (exact) mass is 393 g/mol. The Morgan fingerprint density at radius 3 is 2.50 bits per heavy atom. The molecular weight excluding hydrogens is 385 g/mol. The second kappa shape index (κ2) is 7.03. The van der Waals surface area contributed by atoms with Crippen molar-refractivity contribution in [3.63, 3.8) is 0 Å². The summed E-state index contributed by atoms with van der Waals surface area (Å²) >= 11 is 11.9. The Balaban J connectivity index is 1.88. The number of nitrogens with zero attached hydrogens (tertiary/aromatic N) is 3. The molecule has 0 amide bonds. The first-order valence-electron chi connectivity index (χ1n) is 7.02. The van der Waals surface area contributed by atoms with Gasteiger partial charge in [-0.1, -0.05) is 23.2 Å². The van der Waals surface area contributed by atoms with Crippen LogP contribution in [0.25, 0.3) is 22.6 Å². The van der Waals surface area contributed by atoms with Crippen molar-refractivity contribution in [2.24, 2.45) is 0 Å². The zero-order valence-electron chi connectivity index (χ0n) is 12.8. The molecule has 0 aliphatic rings. The minimum absolute atomic E-state index is 0.00343. The van der Waals surface area contributed by atoms with Gasteiger partial charge in [-0.15, -0.1) is 10.2 Å². The Bertz CT molecular complexity index is 992. The van der Waals surface area contributed by atoms with Crippen molar-refractivity contribution in [3.8, 4) is 23.0 Å². The van der Waals surface area contributed by atoms with E-state index in [2.05, 4.69) is 10.2 Å². The molecule has 1 aromatic heterocycles. The topological polar surface area (TPSA) is 123 Å². The van der Waals surface area contributed by atoms with E-state index < -0.39 is 16.4 Å². The lowest BCUT2D eigenvalue weighted by Crippen LogP contribution is -1.87. The molecule has 132 valence electrons. The molecule has 0 aliphatic carbocycles. The number of phenols is 2. The van der Waals surface area contributed by atoms with Crippen LogP contribution in [-0.4, -0.2) is 25.3 Å². The smallest absolute Gasteiger partial charge is 0.269 e. The third kappa shape index (κ3) is 3.61. The van der Waals surface area contributed by atoms with Crippen LogP contribution in [0.1, 0.15) is 11.5 Å². The quantitative estimate of drug-likeness (QED) is 0.381. The first kappa shape index (κ1) is 17.7. The molecule has 0 atom stereocenters. The van der Waals surface area contributed by atoms with E-state index >= 15 is 0 Å². The summed E-state index contributed by atoms with van der Waals surface area (Å²) in [6.07, 6.45) is 1.42. The average Bonchev–Trinajstić information content (AvgIpc) is 3.10. The molecule has 0 fully saturated rings. The van der Waals surface area contributed by atoms with Gasteiger partial charge in [0, 0.05) is 17.7 Å². The number of benzene rings is 2. The highest BCUT2D eigenvalue weighted by molar-refractivity contribution is 6.50. The summed E-state index contributed by atoms with van der Waals surface area (Å²) in [4.78, 5) is 10.2. The van der Waals surface area contributed by atoms with E-state index in [1.54, 1.807) is 0 Å². The molecule has 0 saturated carbocycles. The highest BCUT2D eigenvalue weighted by Gasteiger charge is 2.14. The molecule has 2 N–H and O–H groups in total. The van der Waals surface area contributed by atoms with Gasteiger partial charge in [-0.05, 0) is 35.9 Å². The average molecular weight is 394 g/mol. The first-order chi connectivity index (χ1) is 12.3. The molecule has 0 radical (unpaired) electrons. The highest BCUT2D eigenvalue weighted by atomic mass is 35.5. The van der Waals surface area contributed by atoms with Crippen molar-refractivity contribution in [3.05, 3.63) is 63.0 Å². The van der Waals surface area contributed by atoms with Crippen LogP contribution >= 0.6 is 23.2 Å². The number of hydrogen-bond donors (Lipinski definition) is 2. The molecule has 0 bridgehead atoms. The van der Waals surface area contributed by atoms with Crippen LogP contribution < -0.4 is 0 Å². The van der Waals surface area contributed by atoms with Crippen LogP contribution in [-0.2, 0) is 0 Å². The zero-order valence-corrected chi connectivity index (χ0v) is 14.3. The van der Waals surface area contributed by atoms with Crippen LogP contribution in [0.15, 0.2) is 40.8 Å². The highest BCUT2D eigenvalue weighted by Crippen LogP contribution is 2.35. The number of phenolic OH excluding ortho intramolecular Hbond substituents is 2. The van der Waals surface area contributed by atoms with Crippen LogP contribution in [0.5, 0.6) is 11.5 Å². The number of nitro benzene ring substituents is 1. The van der Waals surface area contributed by atoms with E-state index in [0.29, 0.717) is 11.1 Å². The minimum Gasteiger partial charge on any atom is -0.504 e. The minimum atomic E-state index is -0.513. The fourth-order valence-corrected chi connectivity index (χ4v) is 2.48. The summed E-state index contributed by atoms with van der Waals surface area (Å²) in [5, 5.41) is 37.4. The predicted molar refractivity (Wildman–Crippen MR) is 94.9 cm³/mol. The lowest BCUT2D eigenvalue weighted by atomic mass is 10.2. The van der Waals surface area contributed by atoms with Gasteiger partial charge in [0.25, 0.3) is 11.6 Å². The fourth-order valence-electron chi connectivity index (χ4n) is 2.06. The van der Waals surface area contributed by atoms with E-state index in [1.807, 2.05) is 0 Å². The number of hydrogen-bond acceptors (Lipinski definition) is 7. The van der Waals surface area contributed by atoms with E-state index in [0.717, 1.165) is 0 Å². The number of rotatable bonds is 4. The molecule has 26 heavy (non-hydrogen) atoms. The number of nitro groups is 1. The summed E-state index contributed by atoms with van der Waals surface area (Å²) in [7, 11) is 0. The van der Waals surface area contributed by atoms with Crippen LogP contribution in [0.2, 0.25) is 5.02 Å². The first-order valence-corrected chi connectivity index (χ1v) is 7.78. The molecule has 3 aromatic rings. The van der Waals surface area contributed by atoms with Gasteiger partial charge in [0.1, 0.15) is 5.03 Å². The van der Waals surface area contributed by atoms with E-state index in [9.17, 15) is 20.3 Å². The van der Waals surface area contributed by atoms with Gasteiger partial charge < -0.3 is 14.6 Å². The maximum atomic E-state index is 10.7. The number of aromatic hydroxyl groups is 2. The summed E-state index contributed by atoms with van der Waals surface area (Å²) in [5.41, 5.74) is 0.838. The van der Waals surface area contributed by atoms with Gasteiger partial charge >= 0.3 is 0 Å². The standard InChI is InChI=1S/C16H9Cl2N3O5/c17-11-5-8(7-13(22)14(11)23)6-12(18)16-20-19-15(26-16)9-1-3-10(4-2-9)21(24)25/h1-7,22-23H/b12-6-. The third-order valence-corrected chi connectivity index (χ3v) is 3.87. The van der Waals surface area contributed by atoms with E-state index in [-0.39, 0.29) is 27.5 Å². The molecule has 10 heteroatoms. The molecule has 2 aromatic carbocycles. The molecule has 0 saturated heterocycles. The van der Waals surface area contributed by atoms with Gasteiger partial charge in [0.05, 0.1) is 9.95 Å². The van der Waals surface area contributed by atoms with Crippen molar-refractivity contribution in [2.75, 3.05) is 0 Å². The lowest BCUT2D eigenvalue weighted by molar-refractivity contribution is -0.384. The molecule has 1 heterocycles. The third-order valence-electron chi connectivity index (χ3n) is 3.31. The van der Waals surface area contributed by atoms with Crippen molar-refractivity contribution in [1.82, 2.24) is 10.2 Å². The summed E-state index contributed by atoms with van der Waals surface area (Å²) in [5.74, 6) is -0.694. The zero-order chi connectivity index (χ0) is 18.8. The predicted octanol–water partition coefficient (Wildman–Crippen LogP) is 4.45. The Morgan fingerprint density at radius 1 is 1.19 bits per heavy atom. The Hall–Kier alpha value is -3.10. The number of non-ortho nitro benzene ring substituents is 1. The Kier molecular flexibility index (Phi) is 4.79. The van der Waals surface area contributed by atoms with E-state index in [4.69, 9.17) is 27.6 Å². The van der Waals surface area contributed by atoms with Gasteiger partial charge in [-0.3, -0.25) is 10.1 Å². The summed E-state index contributed by atoms with van der Waals surface area (Å²) in [6, 6.07) is 8.25. The van der Waals surface area contributed by atoms with Gasteiger partial charge in [-0.2, -0.15) is 0 Å². The van der Waals surface area contributed by atoms with Crippen LogP contribution in [0.4, 0.5) is 5.69 Å². The molecule has 8 nitrogen and oxygen atoms in total. The van der Waals surface area contributed by atoms with Crippen molar-refractivity contribution in [1.29, 1.82) is 0 Å². The van der Waals surface area contributed by atoms with Crippen LogP contribution in [0.3, 0.4) is 0 Å². The van der Waals surface area contributed by atoms with Gasteiger partial charge in [-0.25, -0.2) is 0 Å². The maximum Gasteiger partial charge on any atom is 0.269 e. The fraction of sp³-hybridized carbons (Fsp3) is 0. The molecule has 0 aliphatic heterocycles. The maximum absolute atomic E-state index is 10.7. The second-order valence-electron chi connectivity index (χ2n) is 5.08. The van der Waals surface area contributed by atoms with Crippen LogP contribution in [0, 0.1) is 10.1 Å². The van der Waals surface area contributed by atoms with Crippen molar-refractivity contribution in [2.45, 2.75) is 0 Å². The number of halogens is 2. The second-order valence-corrected chi connectivity index (χ2v) is 5.89. The molecule has 0 unspecified atom stereocenters. The summed E-state index contributed by atoms with van der Waals surface area (Å²) in [6.45, 7) is 0. The lowest BCUT2D eigenvalue weighted by Gasteiger charge is -2.02. The van der Waals surface area contributed by atoms with Gasteiger partial charge in [0.2, 0.25) is 5.89 Å². The van der Waals surface area contributed by atoms with Crippen molar-refractivity contribution < 1.29 is 19.6 Å². The number of aromatic nitrogens is 2. The molecule has 0 spiro atoms. The summed E-state index contributed by atoms with van der Waals surface area (Å²) < 4.78 is 5.45. The SMILES string of the molecule is O=[N+]([O-])c1ccc(-c2nnc(/C(Cl)=C/c3cc(O)c(O)c(Cl)c3)o2)cc1. The molecule has 3 rings (SSSR count). The van der Waals surface area contributed by atoms with E-state index in [1.165, 1.54) is 42.5 Å². The van der Waals surface area contributed by atoms with Crippen molar-refractivity contribution >= 4 is 40.0 Å². The largest absolute Gasteiger partial charge is 0.504 e. The normalized spacial score (nSPS) is 11.5. The Labute approximate surface area is 156 Å². The Morgan fingerprint density at radius 2 is 1.88 bits per heavy atom. The van der Waals surface area contributed by atoms with Gasteiger partial charge in [0.15, 0.2) is 11.5 Å². The molecular formula is C16H9Cl2N3O5.